The van der Waals surface area contributed by atoms with Crippen molar-refractivity contribution in [2.45, 2.75) is 334 Å². The van der Waals surface area contributed by atoms with Crippen molar-refractivity contribution in [2.24, 2.45) is 11.3 Å². The van der Waals surface area contributed by atoms with E-state index < -0.39 is 36.5 Å². The lowest BCUT2D eigenvalue weighted by atomic mass is 9.92. The third kappa shape index (κ3) is 43.4. The van der Waals surface area contributed by atoms with E-state index in [0.717, 1.165) is 19.3 Å². The predicted molar refractivity (Wildman–Crippen MR) is 292 cm³/mol. The molecule has 1 saturated heterocycles. The summed E-state index contributed by atoms with van der Waals surface area (Å²) in [7, 11) is 0. The van der Waals surface area contributed by atoms with Gasteiger partial charge in [-0.2, -0.15) is 0 Å². The van der Waals surface area contributed by atoms with Gasteiger partial charge in [0, 0.05) is 0 Å². The number of carbonyl (C=O) groups is 2. The second-order valence-corrected chi connectivity index (χ2v) is 22.1. The van der Waals surface area contributed by atoms with Crippen LogP contribution in [0.1, 0.15) is 334 Å². The second kappa shape index (κ2) is 51.9. The van der Waals surface area contributed by atoms with Gasteiger partial charge in [0.05, 0.1) is 31.0 Å². The number of rotatable bonds is 53. The van der Waals surface area contributed by atoms with Gasteiger partial charge in [-0.15, -0.1) is 0 Å². The second-order valence-electron chi connectivity index (χ2n) is 22.1. The summed E-state index contributed by atoms with van der Waals surface area (Å²) in [6.45, 7) is 1.21. The van der Waals surface area contributed by atoms with E-state index in [-0.39, 0.29) is 19.6 Å². The number of esters is 2. The highest BCUT2D eigenvalue weighted by molar-refractivity contribution is 5.80. The minimum atomic E-state index is -1.12. The van der Waals surface area contributed by atoms with Crippen LogP contribution in [0.15, 0.2) is 12.2 Å². The number of unbranched alkanes of at least 4 members (excludes halogenated alkanes) is 47. The van der Waals surface area contributed by atoms with E-state index in [2.05, 4.69) is 19.1 Å². The van der Waals surface area contributed by atoms with Crippen LogP contribution >= 0.6 is 0 Å². The monoisotopic (exact) mass is 959 g/mol. The largest absolute Gasteiger partial charge is 0.465 e. The summed E-state index contributed by atoms with van der Waals surface area (Å²) < 4.78 is 10.6. The molecule has 0 aromatic carbocycles. The summed E-state index contributed by atoms with van der Waals surface area (Å²) in [6, 6.07) is 0. The molecule has 1 aliphatic rings. The van der Waals surface area contributed by atoms with Gasteiger partial charge in [0.1, 0.15) is 13.2 Å². The molecule has 0 radical (unpaired) electrons. The quantitative estimate of drug-likeness (QED) is 0.0358. The minimum absolute atomic E-state index is 0.00481. The molecular formula is C62H118O6. The van der Waals surface area contributed by atoms with Crippen LogP contribution in [0.2, 0.25) is 0 Å². The zero-order valence-corrected chi connectivity index (χ0v) is 45.7. The van der Waals surface area contributed by atoms with Crippen LogP contribution in [0.3, 0.4) is 0 Å². The van der Waals surface area contributed by atoms with Crippen LogP contribution in [0.4, 0.5) is 0 Å². The molecule has 0 amide bonds. The Morgan fingerprint density at radius 1 is 0.382 bits per heavy atom. The molecule has 0 aliphatic carbocycles. The van der Waals surface area contributed by atoms with Crippen molar-refractivity contribution in [3.05, 3.63) is 12.2 Å². The molecular weight excluding hydrogens is 841 g/mol. The average Bonchev–Trinajstić information content (AvgIpc) is 3.40. The van der Waals surface area contributed by atoms with Crippen LogP contribution < -0.4 is 0 Å². The zero-order chi connectivity index (χ0) is 49.0. The molecule has 1 aliphatic heterocycles. The number of ether oxygens (including phenoxy) is 2. The number of allylic oxidation sites excluding steroid dienone is 2. The van der Waals surface area contributed by atoms with Gasteiger partial charge in [-0.1, -0.05) is 308 Å². The SMILES string of the molecule is CCCCCCCCCCCCCCCCCC/C=C/CCCCCCCCCCCCCCCCCCCCCCCCCCCCCCCCCC1CC(=O)OCC(CO)(CO)COC1=O. The lowest BCUT2D eigenvalue weighted by Gasteiger charge is -2.27. The maximum Gasteiger partial charge on any atom is 0.309 e. The van der Waals surface area contributed by atoms with Crippen LogP contribution in [0.25, 0.3) is 0 Å². The Morgan fingerprint density at radius 2 is 0.632 bits per heavy atom. The van der Waals surface area contributed by atoms with Gasteiger partial charge in [-0.05, 0) is 32.1 Å². The topological polar surface area (TPSA) is 93.1 Å². The predicted octanol–water partition coefficient (Wildman–Crippen LogP) is 19.1. The van der Waals surface area contributed by atoms with Crippen molar-refractivity contribution in [3.8, 4) is 0 Å². The van der Waals surface area contributed by atoms with Crippen LogP contribution in [0, 0.1) is 11.3 Å². The van der Waals surface area contributed by atoms with E-state index in [1.54, 1.807) is 0 Å². The van der Waals surface area contributed by atoms with Crippen LogP contribution in [0.5, 0.6) is 0 Å². The number of carbonyl (C=O) groups excluding carboxylic acids is 2. The first-order valence-electron chi connectivity index (χ1n) is 30.8. The van der Waals surface area contributed by atoms with E-state index in [0.29, 0.717) is 6.42 Å². The Kier molecular flexibility index (Phi) is 49.4. The molecule has 68 heavy (non-hydrogen) atoms. The third-order valence-corrected chi connectivity index (χ3v) is 15.3. The standard InChI is InChI=1S/C62H118O6/c1-2-3-4-5-6-7-8-9-10-11-12-13-14-15-16-17-18-19-20-21-22-23-24-25-26-27-28-29-30-31-32-33-34-35-36-37-38-39-40-41-42-43-44-45-46-47-48-49-50-51-52-53-59-54-60(65)67-57-62(55-63,56-64)58-68-61(59)66/h19-20,59,63-64H,2-18,21-58H2,1H3/b20-19+. The molecule has 6 heteroatoms. The van der Waals surface area contributed by atoms with Gasteiger partial charge < -0.3 is 19.7 Å². The number of aliphatic hydroxyl groups is 2. The maximum absolute atomic E-state index is 12.5. The van der Waals surface area contributed by atoms with Crippen molar-refractivity contribution < 1.29 is 29.3 Å². The van der Waals surface area contributed by atoms with Crippen LogP contribution in [-0.2, 0) is 19.1 Å². The van der Waals surface area contributed by atoms with Gasteiger partial charge >= 0.3 is 11.9 Å². The highest BCUT2D eigenvalue weighted by atomic mass is 16.6. The van der Waals surface area contributed by atoms with Gasteiger partial charge in [0.2, 0.25) is 0 Å². The fourth-order valence-corrected chi connectivity index (χ4v) is 10.2. The van der Waals surface area contributed by atoms with E-state index in [1.165, 1.54) is 295 Å². The molecule has 1 atom stereocenters. The Balaban J connectivity index is 1.69. The Hall–Kier alpha value is -1.40. The Morgan fingerprint density at radius 3 is 0.912 bits per heavy atom. The maximum atomic E-state index is 12.5. The number of cyclic esters (lactones) is 2. The normalized spacial score (nSPS) is 15.4. The summed E-state index contributed by atoms with van der Waals surface area (Å²) in [5, 5.41) is 19.2. The molecule has 1 fully saturated rings. The van der Waals surface area contributed by atoms with E-state index in [1.807, 2.05) is 0 Å². The average molecular weight is 960 g/mol. The Labute approximate surface area is 423 Å². The molecule has 1 unspecified atom stereocenters. The third-order valence-electron chi connectivity index (χ3n) is 15.3. The van der Waals surface area contributed by atoms with E-state index >= 15 is 0 Å². The molecule has 0 saturated carbocycles. The molecule has 2 N–H and O–H groups in total. The van der Waals surface area contributed by atoms with Crippen molar-refractivity contribution in [3.63, 3.8) is 0 Å². The van der Waals surface area contributed by atoms with Gasteiger partial charge in [0.15, 0.2) is 0 Å². The molecule has 6 nitrogen and oxygen atoms in total. The number of aliphatic hydroxyl groups excluding tert-OH is 2. The minimum Gasteiger partial charge on any atom is -0.465 e. The highest BCUT2D eigenvalue weighted by Gasteiger charge is 2.36. The summed E-state index contributed by atoms with van der Waals surface area (Å²) in [5.41, 5.74) is -1.12. The summed E-state index contributed by atoms with van der Waals surface area (Å²) in [6.07, 6.45) is 74.2. The first-order chi connectivity index (χ1) is 33.6. The summed E-state index contributed by atoms with van der Waals surface area (Å²) >= 11 is 0. The van der Waals surface area contributed by atoms with Crippen molar-refractivity contribution >= 4 is 11.9 Å². The molecule has 402 valence electrons. The molecule has 0 spiro atoms. The smallest absolute Gasteiger partial charge is 0.309 e. The van der Waals surface area contributed by atoms with Crippen molar-refractivity contribution in [1.29, 1.82) is 0 Å². The van der Waals surface area contributed by atoms with Crippen molar-refractivity contribution in [1.82, 2.24) is 0 Å². The van der Waals surface area contributed by atoms with Gasteiger partial charge in [-0.3, -0.25) is 9.59 Å². The number of hydrogen-bond acceptors (Lipinski definition) is 6. The van der Waals surface area contributed by atoms with Gasteiger partial charge in [-0.25, -0.2) is 0 Å². The lowest BCUT2D eigenvalue weighted by molar-refractivity contribution is -0.155. The van der Waals surface area contributed by atoms with E-state index in [9.17, 15) is 19.8 Å². The summed E-state index contributed by atoms with van der Waals surface area (Å²) in [5.74, 6) is -1.40. The first kappa shape index (κ1) is 64.6. The first-order valence-corrected chi connectivity index (χ1v) is 30.8. The van der Waals surface area contributed by atoms with Crippen LogP contribution in [-0.4, -0.2) is 48.6 Å². The summed E-state index contributed by atoms with van der Waals surface area (Å²) in [4.78, 5) is 24.7. The lowest BCUT2D eigenvalue weighted by Crippen LogP contribution is -2.40. The van der Waals surface area contributed by atoms with Gasteiger partial charge in [0.25, 0.3) is 0 Å². The highest BCUT2D eigenvalue weighted by Crippen LogP contribution is 2.25. The fraction of sp³-hybridized carbons (Fsp3) is 0.935. The number of hydrogen-bond donors (Lipinski definition) is 2. The zero-order valence-electron chi connectivity index (χ0n) is 45.7. The molecule has 0 aromatic rings. The molecule has 0 bridgehead atoms. The van der Waals surface area contributed by atoms with Crippen molar-refractivity contribution in [2.75, 3.05) is 26.4 Å². The molecule has 1 rings (SSSR count). The molecule has 0 aromatic heterocycles. The molecule has 1 heterocycles. The fourth-order valence-electron chi connectivity index (χ4n) is 10.2. The van der Waals surface area contributed by atoms with E-state index in [4.69, 9.17) is 9.47 Å². The Bertz CT molecular complexity index is 1070.